The molecule has 78 valence electrons. The fourth-order valence-corrected chi connectivity index (χ4v) is 1.64. The van der Waals surface area contributed by atoms with Crippen LogP contribution in [-0.4, -0.2) is 56.9 Å². The summed E-state index contributed by atoms with van der Waals surface area (Å²) in [5.74, 6) is 0.762. The molecule has 0 bridgehead atoms. The highest BCUT2D eigenvalue weighted by molar-refractivity contribution is 8.00. The van der Waals surface area contributed by atoms with Crippen LogP contribution in [0.1, 0.15) is 0 Å². The summed E-state index contributed by atoms with van der Waals surface area (Å²) in [4.78, 5) is 2.09. The van der Waals surface area contributed by atoms with Gasteiger partial charge in [-0.3, -0.25) is 0 Å². The molecule has 5 nitrogen and oxygen atoms in total. The highest BCUT2D eigenvalue weighted by Gasteiger charge is 2.05. The predicted molar refractivity (Wildman–Crippen MR) is 60.8 cm³/mol. The van der Waals surface area contributed by atoms with E-state index in [4.69, 9.17) is 12.2 Å². The van der Waals surface area contributed by atoms with Gasteiger partial charge in [-0.05, 0) is 29.9 Å². The Bertz CT molecular complexity index is 285. The van der Waals surface area contributed by atoms with Gasteiger partial charge in [0.1, 0.15) is 0 Å². The van der Waals surface area contributed by atoms with E-state index in [1.165, 1.54) is 0 Å². The summed E-state index contributed by atoms with van der Waals surface area (Å²) in [6.07, 6.45) is 0. The smallest absolute Gasteiger partial charge is 0.209 e. The highest BCUT2D eigenvalue weighted by atomic mass is 32.2. The molecule has 0 amide bonds. The monoisotopic (exact) mass is 231 g/mol. The summed E-state index contributed by atoms with van der Waals surface area (Å²) in [6, 6.07) is 0. The zero-order valence-corrected chi connectivity index (χ0v) is 9.88. The van der Waals surface area contributed by atoms with E-state index >= 15 is 0 Å². The Morgan fingerprint density at radius 1 is 1.57 bits per heavy atom. The predicted octanol–water partition coefficient (Wildman–Crippen LogP) is 0.326. The molecular formula is C7H13N5S2. The molecule has 0 saturated carbocycles. The number of rotatable bonds is 6. The average Bonchev–Trinajstić information content (AvgIpc) is 2.58. The maximum atomic E-state index is 4.74. The van der Waals surface area contributed by atoms with Crippen LogP contribution in [0.25, 0.3) is 0 Å². The third kappa shape index (κ3) is 3.69. The zero-order chi connectivity index (χ0) is 10.4. The maximum Gasteiger partial charge on any atom is 0.209 e. The minimum absolute atomic E-state index is 0.762. The van der Waals surface area contributed by atoms with Crippen LogP contribution in [-0.2, 0) is 6.54 Å². The van der Waals surface area contributed by atoms with Gasteiger partial charge in [-0.25, -0.2) is 4.68 Å². The van der Waals surface area contributed by atoms with Crippen molar-refractivity contribution in [2.24, 2.45) is 0 Å². The van der Waals surface area contributed by atoms with E-state index in [-0.39, 0.29) is 0 Å². The lowest BCUT2D eigenvalue weighted by atomic mass is 10.6. The molecule has 1 aromatic heterocycles. The number of thiocarbonyl (C=S) groups is 1. The largest absolute Gasteiger partial charge is 0.308 e. The number of nitrogens with zero attached hydrogens (tertiary/aromatic N) is 5. The minimum Gasteiger partial charge on any atom is -0.308 e. The molecule has 1 heterocycles. The van der Waals surface area contributed by atoms with Crippen molar-refractivity contribution >= 4 is 29.3 Å². The molecule has 7 heteroatoms. The fraction of sp³-hybridized carbons (Fsp3) is 0.714. The van der Waals surface area contributed by atoms with Gasteiger partial charge in [0.05, 0.1) is 6.54 Å². The lowest BCUT2D eigenvalue weighted by Crippen LogP contribution is -2.19. The lowest BCUT2D eigenvalue weighted by Gasteiger charge is -2.09. The first-order chi connectivity index (χ1) is 6.74. The van der Waals surface area contributed by atoms with Gasteiger partial charge >= 0.3 is 0 Å². The van der Waals surface area contributed by atoms with Crippen molar-refractivity contribution in [1.82, 2.24) is 25.1 Å². The number of likely N-dealkylation sites (N-methyl/N-ethyl adjacent to an activating group) is 1. The van der Waals surface area contributed by atoms with Crippen LogP contribution in [0.3, 0.4) is 0 Å². The molecular weight excluding hydrogens is 218 g/mol. The molecule has 1 aromatic rings. The SMILES string of the molecule is CN(C)CCn1nnnc1SCC=S. The quantitative estimate of drug-likeness (QED) is 0.519. The van der Waals surface area contributed by atoms with Crippen molar-refractivity contribution in [1.29, 1.82) is 0 Å². The summed E-state index contributed by atoms with van der Waals surface area (Å²) in [5, 5.41) is 13.9. The van der Waals surface area contributed by atoms with Gasteiger partial charge in [0, 0.05) is 12.3 Å². The first kappa shape index (κ1) is 11.5. The molecule has 0 atom stereocenters. The second-order valence-electron chi connectivity index (χ2n) is 2.97. The Kier molecular flexibility index (Phi) is 4.99. The van der Waals surface area contributed by atoms with Gasteiger partial charge < -0.3 is 4.90 Å². The number of hydrogen-bond acceptors (Lipinski definition) is 6. The molecule has 0 spiro atoms. The Hall–Kier alpha value is -0.530. The number of thioether (sulfide) groups is 1. The van der Waals surface area contributed by atoms with Crippen molar-refractivity contribution in [2.75, 3.05) is 26.4 Å². The van der Waals surface area contributed by atoms with Crippen LogP contribution >= 0.6 is 24.0 Å². The fourth-order valence-electron chi connectivity index (χ4n) is 0.843. The topological polar surface area (TPSA) is 46.8 Å². The van der Waals surface area contributed by atoms with E-state index in [0.717, 1.165) is 24.0 Å². The summed E-state index contributed by atoms with van der Waals surface area (Å²) in [5.41, 5.74) is 0. The summed E-state index contributed by atoms with van der Waals surface area (Å²) >= 11 is 6.30. The highest BCUT2D eigenvalue weighted by Crippen LogP contribution is 2.11. The number of hydrogen-bond donors (Lipinski definition) is 0. The lowest BCUT2D eigenvalue weighted by molar-refractivity contribution is 0.361. The molecule has 0 saturated heterocycles. The molecule has 0 aliphatic carbocycles. The molecule has 0 fully saturated rings. The molecule has 0 aromatic carbocycles. The standard InChI is InChI=1S/C7H13N5S2/c1-11(2)3-4-12-7(8-9-10-12)14-6-5-13/h5H,3-4,6H2,1-2H3. The Morgan fingerprint density at radius 3 is 3.00 bits per heavy atom. The minimum atomic E-state index is 0.762. The summed E-state index contributed by atoms with van der Waals surface area (Å²) in [6.45, 7) is 1.73. The van der Waals surface area contributed by atoms with Gasteiger partial charge in [0.25, 0.3) is 0 Å². The summed E-state index contributed by atoms with van der Waals surface area (Å²) in [7, 11) is 4.04. The summed E-state index contributed by atoms with van der Waals surface area (Å²) < 4.78 is 1.80. The van der Waals surface area contributed by atoms with Gasteiger partial charge in [-0.1, -0.05) is 24.0 Å². The molecule has 0 radical (unpaired) electrons. The first-order valence-corrected chi connectivity index (χ1v) is 5.67. The molecule has 0 N–H and O–H groups in total. The molecule has 0 aliphatic rings. The van der Waals surface area contributed by atoms with E-state index in [0.29, 0.717) is 0 Å². The van der Waals surface area contributed by atoms with Crippen LogP contribution < -0.4 is 0 Å². The van der Waals surface area contributed by atoms with Crippen molar-refractivity contribution in [3.63, 3.8) is 0 Å². The number of aromatic nitrogens is 4. The van der Waals surface area contributed by atoms with Gasteiger partial charge in [0.15, 0.2) is 0 Å². The Labute approximate surface area is 92.8 Å². The van der Waals surface area contributed by atoms with Gasteiger partial charge in [-0.2, -0.15) is 0 Å². The molecule has 0 aliphatic heterocycles. The zero-order valence-electron chi connectivity index (χ0n) is 8.25. The van der Waals surface area contributed by atoms with Crippen LogP contribution in [0.5, 0.6) is 0 Å². The van der Waals surface area contributed by atoms with Gasteiger partial charge in [-0.15, -0.1) is 5.10 Å². The van der Waals surface area contributed by atoms with Crippen LogP contribution in [0.4, 0.5) is 0 Å². The Morgan fingerprint density at radius 2 is 2.36 bits per heavy atom. The third-order valence-corrected chi connectivity index (χ3v) is 2.80. The Balaban J connectivity index is 2.49. The molecule has 1 rings (SSSR count). The van der Waals surface area contributed by atoms with E-state index in [2.05, 4.69) is 20.4 Å². The van der Waals surface area contributed by atoms with Crippen LogP contribution in [0.15, 0.2) is 5.16 Å². The van der Waals surface area contributed by atoms with Crippen LogP contribution in [0.2, 0.25) is 0 Å². The third-order valence-electron chi connectivity index (χ3n) is 1.54. The normalized spacial score (nSPS) is 10.8. The van der Waals surface area contributed by atoms with Crippen molar-refractivity contribution < 1.29 is 0 Å². The van der Waals surface area contributed by atoms with E-state index < -0.39 is 0 Å². The molecule has 0 unspecified atom stereocenters. The number of tetrazole rings is 1. The first-order valence-electron chi connectivity index (χ1n) is 4.21. The van der Waals surface area contributed by atoms with E-state index in [9.17, 15) is 0 Å². The second-order valence-corrected chi connectivity index (χ2v) is 4.29. The maximum absolute atomic E-state index is 4.74. The van der Waals surface area contributed by atoms with Crippen molar-refractivity contribution in [3.8, 4) is 0 Å². The van der Waals surface area contributed by atoms with Crippen molar-refractivity contribution in [3.05, 3.63) is 0 Å². The van der Waals surface area contributed by atoms with Crippen LogP contribution in [0, 0.1) is 0 Å². The van der Waals surface area contributed by atoms with E-state index in [1.807, 2.05) is 14.1 Å². The van der Waals surface area contributed by atoms with E-state index in [1.54, 1.807) is 21.8 Å². The second kappa shape index (κ2) is 6.05. The average molecular weight is 231 g/mol. The van der Waals surface area contributed by atoms with Crippen molar-refractivity contribution in [2.45, 2.75) is 11.7 Å². The molecule has 14 heavy (non-hydrogen) atoms. The van der Waals surface area contributed by atoms with Gasteiger partial charge in [0.2, 0.25) is 5.16 Å².